The Bertz CT molecular complexity index is 799. The molecule has 3 rings (SSSR count). The van der Waals surface area contributed by atoms with Crippen LogP contribution in [0.3, 0.4) is 0 Å². The molecule has 0 radical (unpaired) electrons. The second kappa shape index (κ2) is 5.63. The maximum Gasteiger partial charge on any atom is 0.172 e. The largest absolute Gasteiger partial charge is 0.409 e. The minimum Gasteiger partial charge on any atom is -0.409 e. The topological polar surface area (TPSA) is 100 Å². The zero-order valence-electron chi connectivity index (χ0n) is 10.6. The molecule has 2 aromatic heterocycles. The number of H-pyrrole nitrogens is 1. The summed E-state index contributed by atoms with van der Waals surface area (Å²) in [6.45, 7) is 0. The van der Waals surface area contributed by atoms with Gasteiger partial charge in [0.15, 0.2) is 11.0 Å². The number of aromatic amines is 1. The van der Waals surface area contributed by atoms with Crippen LogP contribution in [-0.2, 0) is 0 Å². The zero-order valence-corrected chi connectivity index (χ0v) is 12.2. The van der Waals surface area contributed by atoms with Crippen molar-refractivity contribution in [1.82, 2.24) is 15.0 Å². The number of halogens is 1. The van der Waals surface area contributed by atoms with Gasteiger partial charge >= 0.3 is 0 Å². The molecular formula is C13H10ClN5OS. The number of pyridine rings is 1. The minimum atomic E-state index is -0.0612. The van der Waals surface area contributed by atoms with E-state index in [9.17, 15) is 0 Å². The molecule has 0 aliphatic heterocycles. The van der Waals surface area contributed by atoms with Crippen LogP contribution < -0.4 is 5.73 Å². The number of hydrogen-bond acceptors (Lipinski definition) is 5. The van der Waals surface area contributed by atoms with Crippen LogP contribution in [-0.4, -0.2) is 26.0 Å². The molecular weight excluding hydrogens is 310 g/mol. The highest BCUT2D eigenvalue weighted by atomic mass is 35.5. The van der Waals surface area contributed by atoms with E-state index < -0.39 is 0 Å². The summed E-state index contributed by atoms with van der Waals surface area (Å²) in [5.74, 6) is -0.0612. The van der Waals surface area contributed by atoms with Gasteiger partial charge < -0.3 is 15.9 Å². The third-order valence-corrected chi connectivity index (χ3v) is 4.19. The predicted molar refractivity (Wildman–Crippen MR) is 82.0 cm³/mol. The highest BCUT2D eigenvalue weighted by Gasteiger charge is 2.14. The number of aromatic nitrogens is 3. The smallest absolute Gasteiger partial charge is 0.172 e. The molecule has 0 bridgehead atoms. The summed E-state index contributed by atoms with van der Waals surface area (Å²) < 4.78 is 0. The van der Waals surface area contributed by atoms with Crippen molar-refractivity contribution in [2.24, 2.45) is 10.9 Å². The summed E-state index contributed by atoms with van der Waals surface area (Å²) in [6.07, 6.45) is 1.55. The van der Waals surface area contributed by atoms with Crippen molar-refractivity contribution in [1.29, 1.82) is 0 Å². The first kappa shape index (κ1) is 13.7. The molecule has 0 atom stereocenters. The van der Waals surface area contributed by atoms with Gasteiger partial charge in [-0.15, -0.1) is 0 Å². The standard InChI is InChI=1S/C13H10ClN5OS/c14-10-7(11(15)19-20)5-6-16-12(10)21-13-17-8-3-1-2-4-9(8)18-13/h1-6,20H,(H2,15,19)(H,17,18). The number of nitrogens with two attached hydrogens (primary N) is 1. The lowest BCUT2D eigenvalue weighted by Crippen LogP contribution is -2.14. The zero-order chi connectivity index (χ0) is 14.8. The lowest BCUT2D eigenvalue weighted by atomic mass is 10.2. The first-order chi connectivity index (χ1) is 10.2. The van der Waals surface area contributed by atoms with Gasteiger partial charge in [0.2, 0.25) is 0 Å². The number of nitrogens with zero attached hydrogens (tertiary/aromatic N) is 3. The van der Waals surface area contributed by atoms with Gasteiger partial charge in [0.1, 0.15) is 5.03 Å². The van der Waals surface area contributed by atoms with E-state index >= 15 is 0 Å². The van der Waals surface area contributed by atoms with E-state index in [1.54, 1.807) is 12.3 Å². The summed E-state index contributed by atoms with van der Waals surface area (Å²) in [6, 6.07) is 9.28. The van der Waals surface area contributed by atoms with Crippen LogP contribution in [0, 0.1) is 0 Å². The Morgan fingerprint density at radius 3 is 2.90 bits per heavy atom. The molecule has 2 heterocycles. The third kappa shape index (κ3) is 2.65. The van der Waals surface area contributed by atoms with Crippen LogP contribution in [0.4, 0.5) is 0 Å². The van der Waals surface area contributed by atoms with Crippen LogP contribution in [0.25, 0.3) is 11.0 Å². The molecule has 8 heteroatoms. The van der Waals surface area contributed by atoms with Crippen molar-refractivity contribution in [2.75, 3.05) is 0 Å². The van der Waals surface area contributed by atoms with Crippen molar-refractivity contribution in [3.8, 4) is 0 Å². The molecule has 21 heavy (non-hydrogen) atoms. The first-order valence-electron chi connectivity index (χ1n) is 5.94. The lowest BCUT2D eigenvalue weighted by Gasteiger charge is -2.05. The Kier molecular flexibility index (Phi) is 3.68. The number of para-hydroxylation sites is 2. The average Bonchev–Trinajstić information content (AvgIpc) is 2.91. The summed E-state index contributed by atoms with van der Waals surface area (Å²) in [4.78, 5) is 11.8. The second-order valence-electron chi connectivity index (χ2n) is 4.12. The van der Waals surface area contributed by atoms with E-state index in [1.165, 1.54) is 11.8 Å². The lowest BCUT2D eigenvalue weighted by molar-refractivity contribution is 0.318. The van der Waals surface area contributed by atoms with Gasteiger partial charge in [-0.2, -0.15) is 0 Å². The monoisotopic (exact) mass is 319 g/mol. The normalized spacial score (nSPS) is 12.0. The Morgan fingerprint density at radius 1 is 1.33 bits per heavy atom. The third-order valence-electron chi connectivity index (χ3n) is 2.80. The molecule has 0 aliphatic carbocycles. The Balaban J connectivity index is 1.98. The van der Waals surface area contributed by atoms with Crippen molar-refractivity contribution in [3.63, 3.8) is 0 Å². The Hall–Kier alpha value is -2.25. The van der Waals surface area contributed by atoms with Gasteiger partial charge in [-0.05, 0) is 30.0 Å². The highest BCUT2D eigenvalue weighted by Crippen LogP contribution is 2.32. The van der Waals surface area contributed by atoms with Crippen molar-refractivity contribution < 1.29 is 5.21 Å². The minimum absolute atomic E-state index is 0.0612. The SMILES string of the molecule is N/C(=N/O)c1ccnc(Sc2nc3ccccc3[nH]2)c1Cl. The maximum absolute atomic E-state index is 8.75. The number of imidazole rings is 1. The molecule has 4 N–H and O–H groups in total. The molecule has 0 amide bonds. The van der Waals surface area contributed by atoms with E-state index in [4.69, 9.17) is 22.5 Å². The number of amidine groups is 1. The fourth-order valence-electron chi connectivity index (χ4n) is 1.82. The molecule has 6 nitrogen and oxygen atoms in total. The van der Waals surface area contributed by atoms with Crippen molar-refractivity contribution >= 4 is 40.2 Å². The van der Waals surface area contributed by atoms with E-state index in [0.29, 0.717) is 20.8 Å². The van der Waals surface area contributed by atoms with Gasteiger partial charge in [-0.1, -0.05) is 28.9 Å². The summed E-state index contributed by atoms with van der Waals surface area (Å²) in [5, 5.41) is 13.2. The number of rotatable bonds is 3. The highest BCUT2D eigenvalue weighted by molar-refractivity contribution is 7.99. The summed E-state index contributed by atoms with van der Waals surface area (Å²) in [5.41, 5.74) is 7.80. The van der Waals surface area contributed by atoms with E-state index in [2.05, 4.69) is 20.1 Å². The van der Waals surface area contributed by atoms with Gasteiger partial charge in [-0.3, -0.25) is 0 Å². The van der Waals surface area contributed by atoms with Crippen LogP contribution in [0.5, 0.6) is 0 Å². The summed E-state index contributed by atoms with van der Waals surface area (Å²) >= 11 is 7.51. The van der Waals surface area contributed by atoms with Crippen LogP contribution in [0.1, 0.15) is 5.56 Å². The fourth-order valence-corrected chi connectivity index (χ4v) is 2.94. The van der Waals surface area contributed by atoms with Gasteiger partial charge in [-0.25, -0.2) is 9.97 Å². The Labute approximate surface area is 129 Å². The van der Waals surface area contributed by atoms with Crippen molar-refractivity contribution in [3.05, 3.63) is 47.1 Å². The van der Waals surface area contributed by atoms with Gasteiger partial charge in [0.25, 0.3) is 0 Å². The summed E-state index contributed by atoms with van der Waals surface area (Å²) in [7, 11) is 0. The number of oxime groups is 1. The number of fused-ring (bicyclic) bond motifs is 1. The molecule has 0 saturated heterocycles. The molecule has 3 aromatic rings. The maximum atomic E-state index is 8.75. The second-order valence-corrected chi connectivity index (χ2v) is 5.48. The van der Waals surface area contributed by atoms with Gasteiger partial charge in [0.05, 0.1) is 16.1 Å². The predicted octanol–water partition coefficient (Wildman–Crippen LogP) is 2.86. The molecule has 0 saturated carbocycles. The quantitative estimate of drug-likeness (QED) is 0.298. The molecule has 106 valence electrons. The fraction of sp³-hybridized carbons (Fsp3) is 0. The molecule has 0 fully saturated rings. The first-order valence-corrected chi connectivity index (χ1v) is 7.13. The van der Waals surface area contributed by atoms with Gasteiger partial charge in [0, 0.05) is 11.8 Å². The Morgan fingerprint density at radius 2 is 2.14 bits per heavy atom. The average molecular weight is 320 g/mol. The van der Waals surface area contributed by atoms with Crippen molar-refractivity contribution in [2.45, 2.75) is 10.2 Å². The number of nitrogens with one attached hydrogen (secondary N) is 1. The number of benzene rings is 1. The molecule has 1 aromatic carbocycles. The van der Waals surface area contributed by atoms with E-state index in [0.717, 1.165) is 11.0 Å². The van der Waals surface area contributed by atoms with Crippen LogP contribution in [0.2, 0.25) is 5.02 Å². The van der Waals surface area contributed by atoms with Crippen LogP contribution in [0.15, 0.2) is 51.9 Å². The van der Waals surface area contributed by atoms with E-state index in [-0.39, 0.29) is 5.84 Å². The number of hydrogen-bond donors (Lipinski definition) is 3. The molecule has 0 unspecified atom stereocenters. The van der Waals surface area contributed by atoms with E-state index in [1.807, 2.05) is 24.3 Å². The van der Waals surface area contributed by atoms with Crippen LogP contribution >= 0.6 is 23.4 Å². The molecule has 0 spiro atoms. The molecule has 0 aliphatic rings.